The summed E-state index contributed by atoms with van der Waals surface area (Å²) in [5, 5.41) is 2.81. The minimum atomic E-state index is -0.272. The number of nitrogens with one attached hydrogen (secondary N) is 1. The lowest BCUT2D eigenvalue weighted by molar-refractivity contribution is 0.0950. The zero-order valence-corrected chi connectivity index (χ0v) is 14.9. The van der Waals surface area contributed by atoms with Crippen LogP contribution in [0.15, 0.2) is 40.8 Å². The summed E-state index contributed by atoms with van der Waals surface area (Å²) < 4.78 is 5.71. The van der Waals surface area contributed by atoms with Crippen LogP contribution in [0.4, 0.5) is 11.9 Å². The van der Waals surface area contributed by atoms with Gasteiger partial charge in [-0.2, -0.15) is 15.0 Å². The maximum absolute atomic E-state index is 12.6. The second-order valence-electron chi connectivity index (χ2n) is 5.95. The van der Waals surface area contributed by atoms with Crippen molar-refractivity contribution in [2.24, 2.45) is 0 Å². The minimum absolute atomic E-state index is 0.108. The Kier molecular flexibility index (Phi) is 4.83. The number of carbonyl (C=O) groups excluding carboxylic acids is 1. The van der Waals surface area contributed by atoms with Crippen LogP contribution in [-0.4, -0.2) is 35.0 Å². The molecule has 8 heteroatoms. The van der Waals surface area contributed by atoms with Crippen LogP contribution < -0.4 is 16.0 Å². The number of anilines is 2. The Balaban J connectivity index is 1.80. The molecule has 0 bridgehead atoms. The van der Waals surface area contributed by atoms with E-state index < -0.39 is 0 Å². The van der Waals surface area contributed by atoms with Gasteiger partial charge in [0.25, 0.3) is 5.91 Å². The van der Waals surface area contributed by atoms with Gasteiger partial charge in [0.1, 0.15) is 11.5 Å². The summed E-state index contributed by atoms with van der Waals surface area (Å²) in [5.41, 5.74) is 7.00. The first-order valence-corrected chi connectivity index (χ1v) is 8.06. The van der Waals surface area contributed by atoms with Crippen LogP contribution in [0.2, 0.25) is 0 Å². The van der Waals surface area contributed by atoms with E-state index in [1.807, 2.05) is 30.3 Å². The fourth-order valence-electron chi connectivity index (χ4n) is 2.45. The Bertz CT molecular complexity index is 921. The molecule has 0 saturated carbocycles. The number of benzene rings is 1. The van der Waals surface area contributed by atoms with E-state index in [4.69, 9.17) is 10.2 Å². The molecule has 0 unspecified atom stereocenters. The number of nitrogens with two attached hydrogens (primary N) is 1. The van der Waals surface area contributed by atoms with Gasteiger partial charge in [-0.1, -0.05) is 30.3 Å². The third kappa shape index (κ3) is 3.80. The monoisotopic (exact) mass is 352 g/mol. The third-order valence-corrected chi connectivity index (χ3v) is 3.63. The van der Waals surface area contributed by atoms with Crippen LogP contribution in [0.3, 0.4) is 0 Å². The van der Waals surface area contributed by atoms with E-state index in [2.05, 4.69) is 20.3 Å². The minimum Gasteiger partial charge on any atom is -0.461 e. The van der Waals surface area contributed by atoms with Gasteiger partial charge in [-0.05, 0) is 13.0 Å². The molecule has 3 rings (SSSR count). The standard InChI is InChI=1S/C18H20N6O2/c1-11-9-13(15(26-11)12-7-5-4-6-8-12)16(25)20-10-14-21-17(19)23-18(22-14)24(2)3/h4-9H,10H2,1-3H3,(H,20,25)(H2,19,21,22,23). The van der Waals surface area contributed by atoms with Crippen molar-refractivity contribution in [3.63, 3.8) is 0 Å². The highest BCUT2D eigenvalue weighted by Gasteiger charge is 2.18. The smallest absolute Gasteiger partial charge is 0.255 e. The van der Waals surface area contributed by atoms with Gasteiger partial charge in [-0.15, -0.1) is 0 Å². The van der Waals surface area contributed by atoms with Crippen LogP contribution in [0.5, 0.6) is 0 Å². The van der Waals surface area contributed by atoms with E-state index in [0.29, 0.717) is 28.9 Å². The summed E-state index contributed by atoms with van der Waals surface area (Å²) in [4.78, 5) is 26.7. The molecule has 0 fully saturated rings. The summed E-state index contributed by atoms with van der Waals surface area (Å²) in [7, 11) is 3.61. The fraction of sp³-hybridized carbons (Fsp3) is 0.222. The number of aromatic nitrogens is 3. The highest BCUT2D eigenvalue weighted by atomic mass is 16.3. The second kappa shape index (κ2) is 7.22. The molecule has 1 aromatic carbocycles. The Hall–Kier alpha value is -3.42. The predicted octanol–water partition coefficient (Wildman–Crippen LogP) is 2.02. The number of nitrogens with zero attached hydrogens (tertiary/aromatic N) is 4. The number of furan rings is 1. The molecule has 1 amide bonds. The normalized spacial score (nSPS) is 10.6. The van der Waals surface area contributed by atoms with Gasteiger partial charge in [0.05, 0.1) is 12.1 Å². The number of amides is 1. The zero-order valence-electron chi connectivity index (χ0n) is 14.9. The Labute approximate surface area is 151 Å². The van der Waals surface area contributed by atoms with Crippen molar-refractivity contribution < 1.29 is 9.21 Å². The van der Waals surface area contributed by atoms with Crippen molar-refractivity contribution in [2.75, 3.05) is 24.7 Å². The van der Waals surface area contributed by atoms with Crippen LogP contribution in [0, 0.1) is 6.92 Å². The van der Waals surface area contributed by atoms with Crippen LogP contribution in [0.1, 0.15) is 21.9 Å². The quantitative estimate of drug-likeness (QED) is 0.723. The molecule has 0 spiro atoms. The highest BCUT2D eigenvalue weighted by Crippen LogP contribution is 2.27. The zero-order chi connectivity index (χ0) is 18.7. The fourth-order valence-corrected chi connectivity index (χ4v) is 2.45. The first-order valence-electron chi connectivity index (χ1n) is 8.06. The Morgan fingerprint density at radius 3 is 2.62 bits per heavy atom. The summed E-state index contributed by atoms with van der Waals surface area (Å²) in [6.07, 6.45) is 0. The average molecular weight is 352 g/mol. The maximum atomic E-state index is 12.6. The molecule has 134 valence electrons. The van der Waals surface area contributed by atoms with Gasteiger partial charge in [-0.3, -0.25) is 4.79 Å². The molecular weight excluding hydrogens is 332 g/mol. The number of rotatable bonds is 5. The summed E-state index contributed by atoms with van der Waals surface area (Å²) >= 11 is 0. The number of nitrogen functional groups attached to an aromatic ring is 1. The lowest BCUT2D eigenvalue weighted by Crippen LogP contribution is -2.25. The van der Waals surface area contributed by atoms with E-state index in [1.54, 1.807) is 32.0 Å². The van der Waals surface area contributed by atoms with Crippen molar-refractivity contribution in [3.8, 4) is 11.3 Å². The molecule has 3 N–H and O–H groups in total. The SMILES string of the molecule is Cc1cc(C(=O)NCc2nc(N)nc(N(C)C)n2)c(-c2ccccc2)o1. The molecule has 26 heavy (non-hydrogen) atoms. The van der Waals surface area contributed by atoms with Gasteiger partial charge in [0.15, 0.2) is 5.82 Å². The van der Waals surface area contributed by atoms with Crippen LogP contribution in [-0.2, 0) is 6.54 Å². The van der Waals surface area contributed by atoms with E-state index in [0.717, 1.165) is 5.56 Å². The highest BCUT2D eigenvalue weighted by molar-refractivity contribution is 5.99. The van der Waals surface area contributed by atoms with Gasteiger partial charge in [-0.25, -0.2) is 0 Å². The Morgan fingerprint density at radius 1 is 1.19 bits per heavy atom. The molecular formula is C18H20N6O2. The van der Waals surface area contributed by atoms with Gasteiger partial charge >= 0.3 is 0 Å². The Morgan fingerprint density at radius 2 is 1.92 bits per heavy atom. The summed E-state index contributed by atoms with van der Waals surface area (Å²) in [6, 6.07) is 11.2. The number of hydrogen-bond donors (Lipinski definition) is 2. The molecule has 0 radical (unpaired) electrons. The molecule has 8 nitrogen and oxygen atoms in total. The maximum Gasteiger partial charge on any atom is 0.255 e. The number of carbonyl (C=O) groups is 1. The molecule has 2 aromatic heterocycles. The molecule has 0 aliphatic carbocycles. The molecule has 0 atom stereocenters. The first-order chi connectivity index (χ1) is 12.4. The predicted molar refractivity (Wildman–Crippen MR) is 98.6 cm³/mol. The number of aryl methyl sites for hydroxylation is 1. The van der Waals surface area contributed by atoms with E-state index in [-0.39, 0.29) is 18.4 Å². The third-order valence-electron chi connectivity index (χ3n) is 3.63. The second-order valence-corrected chi connectivity index (χ2v) is 5.95. The van der Waals surface area contributed by atoms with E-state index in [9.17, 15) is 4.79 Å². The summed E-state index contributed by atoms with van der Waals surface area (Å²) in [6.45, 7) is 1.93. The first kappa shape index (κ1) is 17.4. The van der Waals surface area contributed by atoms with Crippen molar-refractivity contribution in [1.82, 2.24) is 20.3 Å². The van der Waals surface area contributed by atoms with Crippen molar-refractivity contribution >= 4 is 17.8 Å². The van der Waals surface area contributed by atoms with Crippen molar-refractivity contribution in [2.45, 2.75) is 13.5 Å². The summed E-state index contributed by atoms with van der Waals surface area (Å²) in [5.74, 6) is 1.85. The molecule has 0 saturated heterocycles. The van der Waals surface area contributed by atoms with Gasteiger partial charge in [0, 0.05) is 19.7 Å². The van der Waals surface area contributed by atoms with E-state index >= 15 is 0 Å². The molecule has 2 heterocycles. The van der Waals surface area contributed by atoms with Crippen LogP contribution in [0.25, 0.3) is 11.3 Å². The van der Waals surface area contributed by atoms with E-state index in [1.165, 1.54) is 0 Å². The average Bonchev–Trinajstić information content (AvgIpc) is 3.02. The largest absolute Gasteiger partial charge is 0.461 e. The van der Waals surface area contributed by atoms with Crippen molar-refractivity contribution in [3.05, 3.63) is 53.5 Å². The van der Waals surface area contributed by atoms with Gasteiger partial charge < -0.3 is 20.4 Å². The van der Waals surface area contributed by atoms with Crippen molar-refractivity contribution in [1.29, 1.82) is 0 Å². The van der Waals surface area contributed by atoms with Crippen LogP contribution >= 0.6 is 0 Å². The van der Waals surface area contributed by atoms with Gasteiger partial charge in [0.2, 0.25) is 11.9 Å². The molecule has 0 aliphatic heterocycles. The topological polar surface area (TPSA) is 110 Å². The molecule has 3 aromatic rings. The molecule has 0 aliphatic rings. The number of hydrogen-bond acceptors (Lipinski definition) is 7. The lowest BCUT2D eigenvalue weighted by atomic mass is 10.1. The lowest BCUT2D eigenvalue weighted by Gasteiger charge is -2.11.